The normalized spacial score (nSPS) is 10.6. The molecule has 19 heavy (non-hydrogen) atoms. The largest absolute Gasteiger partial charge is 0.493 e. The van der Waals surface area contributed by atoms with Crippen LogP contribution in [0.5, 0.6) is 5.88 Å². The molecule has 5 nitrogen and oxygen atoms in total. The zero-order chi connectivity index (χ0) is 13.8. The third-order valence-electron chi connectivity index (χ3n) is 2.64. The smallest absolute Gasteiger partial charge is 0.262 e. The van der Waals surface area contributed by atoms with Gasteiger partial charge in [-0.05, 0) is 6.07 Å². The van der Waals surface area contributed by atoms with Gasteiger partial charge in [0.15, 0.2) is 0 Å². The number of hydrogen-bond donors (Lipinski definition) is 2. The first-order valence-electron chi connectivity index (χ1n) is 5.69. The van der Waals surface area contributed by atoms with Gasteiger partial charge in [0.2, 0.25) is 5.88 Å². The standard InChI is InChI=1S/C13H13BrN2O3/c1-19-7-6-10-15-12(17)11(13(18)16-10)8-4-2-3-5-9(8)14/h2-5H,6-7H2,1H3,(H2,15,16,17,18). The molecule has 0 aliphatic rings. The number of nitrogens with one attached hydrogen (secondary N) is 1. The SMILES string of the molecule is COCCc1nc(O)c(-c2ccccc2Br)c(=O)[nH]1. The van der Waals surface area contributed by atoms with E-state index in [0.29, 0.717) is 24.4 Å². The lowest BCUT2D eigenvalue weighted by atomic mass is 10.1. The van der Waals surface area contributed by atoms with Crippen molar-refractivity contribution in [1.82, 2.24) is 9.97 Å². The van der Waals surface area contributed by atoms with Gasteiger partial charge in [0.25, 0.3) is 5.56 Å². The minimum Gasteiger partial charge on any atom is -0.493 e. The quantitative estimate of drug-likeness (QED) is 0.903. The molecule has 1 aromatic carbocycles. The molecule has 0 amide bonds. The molecule has 0 aliphatic carbocycles. The van der Waals surface area contributed by atoms with Crippen LogP contribution in [-0.4, -0.2) is 28.8 Å². The molecule has 0 radical (unpaired) electrons. The number of hydrogen-bond acceptors (Lipinski definition) is 4. The van der Waals surface area contributed by atoms with Crippen LogP contribution in [0.15, 0.2) is 33.5 Å². The molecule has 0 atom stereocenters. The first kappa shape index (κ1) is 13.8. The number of H-pyrrole nitrogens is 1. The highest BCUT2D eigenvalue weighted by atomic mass is 79.9. The highest BCUT2D eigenvalue weighted by Crippen LogP contribution is 2.29. The van der Waals surface area contributed by atoms with Crippen molar-refractivity contribution < 1.29 is 9.84 Å². The Hall–Kier alpha value is -1.66. The second-order valence-electron chi connectivity index (χ2n) is 3.93. The molecule has 0 bridgehead atoms. The van der Waals surface area contributed by atoms with Gasteiger partial charge in [-0.2, -0.15) is 4.98 Å². The Morgan fingerprint density at radius 1 is 1.42 bits per heavy atom. The highest BCUT2D eigenvalue weighted by molar-refractivity contribution is 9.10. The van der Waals surface area contributed by atoms with Gasteiger partial charge < -0.3 is 14.8 Å². The molecule has 0 aliphatic heterocycles. The van der Waals surface area contributed by atoms with Gasteiger partial charge in [-0.15, -0.1) is 0 Å². The van der Waals surface area contributed by atoms with Crippen molar-refractivity contribution in [1.29, 1.82) is 0 Å². The van der Waals surface area contributed by atoms with Gasteiger partial charge in [-0.1, -0.05) is 34.1 Å². The third kappa shape index (κ3) is 3.02. The maximum Gasteiger partial charge on any atom is 0.262 e. The van der Waals surface area contributed by atoms with Gasteiger partial charge in [0.1, 0.15) is 11.4 Å². The maximum atomic E-state index is 12.1. The van der Waals surface area contributed by atoms with Crippen molar-refractivity contribution in [2.75, 3.05) is 13.7 Å². The molecule has 1 heterocycles. The van der Waals surface area contributed by atoms with E-state index in [0.717, 1.165) is 4.47 Å². The topological polar surface area (TPSA) is 75.2 Å². The number of ether oxygens (including phenoxy) is 1. The lowest BCUT2D eigenvalue weighted by Gasteiger charge is -2.07. The first-order chi connectivity index (χ1) is 9.13. The Labute approximate surface area is 118 Å². The lowest BCUT2D eigenvalue weighted by molar-refractivity contribution is 0.200. The highest BCUT2D eigenvalue weighted by Gasteiger charge is 2.14. The monoisotopic (exact) mass is 324 g/mol. The fourth-order valence-electron chi connectivity index (χ4n) is 1.73. The van der Waals surface area contributed by atoms with Gasteiger partial charge in [0, 0.05) is 23.6 Å². The summed E-state index contributed by atoms with van der Waals surface area (Å²) in [6.45, 7) is 0.427. The van der Waals surface area contributed by atoms with Crippen LogP contribution in [0, 0.1) is 0 Å². The summed E-state index contributed by atoms with van der Waals surface area (Å²) in [6, 6.07) is 7.16. The molecule has 0 saturated carbocycles. The minimum absolute atomic E-state index is 0.161. The summed E-state index contributed by atoms with van der Waals surface area (Å²) in [5, 5.41) is 9.96. The Kier molecular flexibility index (Phi) is 4.34. The number of rotatable bonds is 4. The van der Waals surface area contributed by atoms with Crippen LogP contribution >= 0.6 is 15.9 Å². The van der Waals surface area contributed by atoms with Crippen molar-refractivity contribution in [2.24, 2.45) is 0 Å². The molecular formula is C13H13BrN2O3. The lowest BCUT2D eigenvalue weighted by Crippen LogP contribution is -2.15. The molecule has 2 N–H and O–H groups in total. The second kappa shape index (κ2) is 5.99. The number of methoxy groups -OCH3 is 1. The molecule has 0 unspecified atom stereocenters. The minimum atomic E-state index is -0.370. The molecule has 1 aromatic heterocycles. The molecule has 0 fully saturated rings. The zero-order valence-corrected chi connectivity index (χ0v) is 11.9. The van der Waals surface area contributed by atoms with Gasteiger partial charge in [-0.3, -0.25) is 4.79 Å². The Morgan fingerprint density at radius 3 is 2.79 bits per heavy atom. The summed E-state index contributed by atoms with van der Waals surface area (Å²) in [7, 11) is 1.56. The number of halogens is 1. The first-order valence-corrected chi connectivity index (χ1v) is 6.48. The van der Waals surface area contributed by atoms with Crippen LogP contribution in [0.3, 0.4) is 0 Å². The molecule has 2 aromatic rings. The molecule has 2 rings (SSSR count). The van der Waals surface area contributed by atoms with Gasteiger partial charge >= 0.3 is 0 Å². The van der Waals surface area contributed by atoms with E-state index < -0.39 is 0 Å². The summed E-state index contributed by atoms with van der Waals surface area (Å²) < 4.78 is 5.63. The second-order valence-corrected chi connectivity index (χ2v) is 4.79. The summed E-state index contributed by atoms with van der Waals surface area (Å²) >= 11 is 3.35. The van der Waals surface area contributed by atoms with Crippen molar-refractivity contribution in [3.8, 4) is 17.0 Å². The molecule has 100 valence electrons. The van der Waals surface area contributed by atoms with E-state index in [1.807, 2.05) is 6.07 Å². The predicted molar refractivity (Wildman–Crippen MR) is 75.2 cm³/mol. The van der Waals surface area contributed by atoms with Gasteiger partial charge in [0.05, 0.1) is 6.61 Å². The molecule has 0 saturated heterocycles. The molecule has 6 heteroatoms. The van der Waals surface area contributed by atoms with Crippen LogP contribution < -0.4 is 5.56 Å². The average molecular weight is 325 g/mol. The third-order valence-corrected chi connectivity index (χ3v) is 3.33. The summed E-state index contributed by atoms with van der Waals surface area (Å²) in [4.78, 5) is 18.7. The number of nitrogens with zero attached hydrogens (tertiary/aromatic N) is 1. The fraction of sp³-hybridized carbons (Fsp3) is 0.231. The predicted octanol–water partition coefficient (Wildman–Crippen LogP) is 2.09. The van der Waals surface area contributed by atoms with E-state index in [4.69, 9.17) is 4.74 Å². The zero-order valence-electron chi connectivity index (χ0n) is 10.3. The van der Waals surface area contributed by atoms with Crippen LogP contribution in [-0.2, 0) is 11.2 Å². The number of aromatic hydroxyl groups is 1. The van der Waals surface area contributed by atoms with Crippen molar-refractivity contribution in [3.63, 3.8) is 0 Å². The fourth-order valence-corrected chi connectivity index (χ4v) is 2.21. The Bertz CT molecular complexity index is 640. The summed E-state index contributed by atoms with van der Waals surface area (Å²) in [5.74, 6) is 0.127. The summed E-state index contributed by atoms with van der Waals surface area (Å²) in [5.41, 5.74) is 0.395. The van der Waals surface area contributed by atoms with Crippen molar-refractivity contribution in [2.45, 2.75) is 6.42 Å². The van der Waals surface area contributed by atoms with E-state index in [1.165, 1.54) is 0 Å². The average Bonchev–Trinajstić information content (AvgIpc) is 2.38. The van der Waals surface area contributed by atoms with Gasteiger partial charge in [-0.25, -0.2) is 0 Å². The van der Waals surface area contributed by atoms with E-state index in [2.05, 4.69) is 25.9 Å². The van der Waals surface area contributed by atoms with Crippen LogP contribution in [0.25, 0.3) is 11.1 Å². The molecular weight excluding hydrogens is 312 g/mol. The van der Waals surface area contributed by atoms with Crippen LogP contribution in [0.2, 0.25) is 0 Å². The maximum absolute atomic E-state index is 12.1. The van der Waals surface area contributed by atoms with Crippen LogP contribution in [0.4, 0.5) is 0 Å². The van der Waals surface area contributed by atoms with Crippen molar-refractivity contribution in [3.05, 3.63) is 44.9 Å². The number of aromatic amines is 1. The summed E-state index contributed by atoms with van der Waals surface area (Å²) in [6.07, 6.45) is 0.440. The van der Waals surface area contributed by atoms with E-state index in [9.17, 15) is 9.90 Å². The number of aromatic nitrogens is 2. The van der Waals surface area contributed by atoms with Crippen molar-refractivity contribution >= 4 is 15.9 Å². The van der Waals surface area contributed by atoms with Crippen LogP contribution in [0.1, 0.15) is 5.82 Å². The number of benzene rings is 1. The Balaban J connectivity index is 2.49. The van der Waals surface area contributed by atoms with E-state index in [-0.39, 0.29) is 17.0 Å². The Morgan fingerprint density at radius 2 is 2.16 bits per heavy atom. The molecule has 0 spiro atoms. The van der Waals surface area contributed by atoms with E-state index in [1.54, 1.807) is 25.3 Å². The van der Waals surface area contributed by atoms with E-state index >= 15 is 0 Å².